The number of nitrogens with zero attached hydrogens (tertiary/aromatic N) is 4. The SMILES string of the molecule is Cc1ccccc1CN1CCC(NC(=O)Cn2cnn(C)c2=O)CC1. The van der Waals surface area contributed by atoms with Crippen LogP contribution in [0.25, 0.3) is 0 Å². The van der Waals surface area contributed by atoms with Crippen molar-refractivity contribution in [1.29, 1.82) is 0 Å². The van der Waals surface area contributed by atoms with Gasteiger partial charge in [-0.05, 0) is 30.9 Å². The van der Waals surface area contributed by atoms with Crippen molar-refractivity contribution in [2.24, 2.45) is 7.05 Å². The van der Waals surface area contributed by atoms with E-state index in [-0.39, 0.29) is 24.2 Å². The molecule has 1 aliphatic heterocycles. The van der Waals surface area contributed by atoms with E-state index >= 15 is 0 Å². The molecule has 1 saturated heterocycles. The Morgan fingerprint density at radius 1 is 1.28 bits per heavy atom. The van der Waals surface area contributed by atoms with Crippen LogP contribution >= 0.6 is 0 Å². The first-order valence-corrected chi connectivity index (χ1v) is 8.67. The van der Waals surface area contributed by atoms with Crippen molar-refractivity contribution in [3.05, 3.63) is 52.2 Å². The molecule has 2 aromatic rings. The van der Waals surface area contributed by atoms with Gasteiger partial charge in [0.15, 0.2) is 0 Å². The maximum absolute atomic E-state index is 12.1. The van der Waals surface area contributed by atoms with E-state index in [1.54, 1.807) is 7.05 Å². The van der Waals surface area contributed by atoms with Crippen LogP contribution in [0.15, 0.2) is 35.4 Å². The van der Waals surface area contributed by atoms with Crippen LogP contribution < -0.4 is 11.0 Å². The standard InChI is InChI=1S/C18H25N5O2/c1-14-5-3-4-6-15(14)11-22-9-7-16(8-10-22)20-17(24)12-23-13-19-21(2)18(23)25/h3-6,13,16H,7-12H2,1-2H3,(H,20,24). The molecule has 7 heteroatoms. The second-order valence-corrected chi connectivity index (χ2v) is 6.71. The Morgan fingerprint density at radius 3 is 2.64 bits per heavy atom. The molecular weight excluding hydrogens is 318 g/mol. The van der Waals surface area contributed by atoms with Gasteiger partial charge in [-0.3, -0.25) is 14.3 Å². The Hall–Kier alpha value is -2.41. The summed E-state index contributed by atoms with van der Waals surface area (Å²) in [6.07, 6.45) is 3.26. The summed E-state index contributed by atoms with van der Waals surface area (Å²) in [6.45, 7) is 5.05. The van der Waals surface area contributed by atoms with Gasteiger partial charge in [-0.15, -0.1) is 0 Å². The number of hydrogen-bond donors (Lipinski definition) is 1. The third kappa shape index (κ3) is 4.36. The van der Waals surface area contributed by atoms with E-state index in [1.165, 1.54) is 26.7 Å². The molecule has 134 valence electrons. The zero-order chi connectivity index (χ0) is 17.8. The number of amides is 1. The second-order valence-electron chi connectivity index (χ2n) is 6.71. The van der Waals surface area contributed by atoms with Crippen LogP contribution in [0, 0.1) is 6.92 Å². The van der Waals surface area contributed by atoms with Crippen molar-refractivity contribution in [2.75, 3.05) is 13.1 Å². The number of carbonyl (C=O) groups excluding carboxylic acids is 1. The summed E-state index contributed by atoms with van der Waals surface area (Å²) in [5.41, 5.74) is 2.41. The lowest BCUT2D eigenvalue weighted by Gasteiger charge is -2.32. The fourth-order valence-electron chi connectivity index (χ4n) is 3.22. The van der Waals surface area contributed by atoms with Crippen molar-refractivity contribution in [2.45, 2.75) is 38.9 Å². The monoisotopic (exact) mass is 343 g/mol. The van der Waals surface area contributed by atoms with Gasteiger partial charge in [0.1, 0.15) is 12.9 Å². The first-order valence-electron chi connectivity index (χ1n) is 8.67. The molecule has 1 aromatic heterocycles. The molecule has 0 atom stereocenters. The zero-order valence-electron chi connectivity index (χ0n) is 14.8. The lowest BCUT2D eigenvalue weighted by molar-refractivity contribution is -0.122. The number of carbonyl (C=O) groups is 1. The highest BCUT2D eigenvalue weighted by molar-refractivity contribution is 5.76. The van der Waals surface area contributed by atoms with E-state index in [9.17, 15) is 9.59 Å². The Balaban J connectivity index is 1.46. The molecule has 1 fully saturated rings. The van der Waals surface area contributed by atoms with Gasteiger partial charge < -0.3 is 5.32 Å². The van der Waals surface area contributed by atoms with Crippen LogP contribution in [-0.2, 0) is 24.9 Å². The van der Waals surface area contributed by atoms with E-state index in [1.807, 2.05) is 0 Å². The molecule has 2 heterocycles. The number of nitrogens with one attached hydrogen (secondary N) is 1. The van der Waals surface area contributed by atoms with Gasteiger partial charge in [-0.1, -0.05) is 24.3 Å². The van der Waals surface area contributed by atoms with Gasteiger partial charge >= 0.3 is 5.69 Å². The van der Waals surface area contributed by atoms with Crippen LogP contribution in [0.3, 0.4) is 0 Å². The molecule has 1 aliphatic rings. The van der Waals surface area contributed by atoms with Gasteiger partial charge in [-0.25, -0.2) is 9.48 Å². The first kappa shape index (κ1) is 17.4. The number of piperidine rings is 1. The topological polar surface area (TPSA) is 72.2 Å². The van der Waals surface area contributed by atoms with Crippen molar-refractivity contribution in [3.8, 4) is 0 Å². The summed E-state index contributed by atoms with van der Waals surface area (Å²) < 4.78 is 2.54. The van der Waals surface area contributed by atoms with E-state index in [2.05, 4.69) is 46.5 Å². The Kier molecular flexibility index (Phi) is 5.33. The van der Waals surface area contributed by atoms with Crippen LogP contribution in [0.1, 0.15) is 24.0 Å². The van der Waals surface area contributed by atoms with E-state index in [4.69, 9.17) is 0 Å². The van der Waals surface area contributed by atoms with Crippen LogP contribution in [0.2, 0.25) is 0 Å². The zero-order valence-corrected chi connectivity index (χ0v) is 14.8. The largest absolute Gasteiger partial charge is 0.352 e. The summed E-state index contributed by atoms with van der Waals surface area (Å²) >= 11 is 0. The maximum Gasteiger partial charge on any atom is 0.345 e. The summed E-state index contributed by atoms with van der Waals surface area (Å²) in [4.78, 5) is 26.3. The van der Waals surface area contributed by atoms with Gasteiger partial charge in [0.2, 0.25) is 5.91 Å². The number of rotatable bonds is 5. The number of benzene rings is 1. The molecule has 0 spiro atoms. The molecule has 1 N–H and O–H groups in total. The molecule has 1 amide bonds. The average Bonchev–Trinajstić information content (AvgIpc) is 2.91. The Bertz CT molecular complexity index is 787. The molecule has 0 radical (unpaired) electrons. The van der Waals surface area contributed by atoms with Gasteiger partial charge in [0.25, 0.3) is 0 Å². The summed E-state index contributed by atoms with van der Waals surface area (Å²) in [7, 11) is 1.57. The maximum atomic E-state index is 12.1. The number of hydrogen-bond acceptors (Lipinski definition) is 4. The van der Waals surface area contributed by atoms with Gasteiger partial charge in [-0.2, -0.15) is 5.10 Å². The molecule has 0 unspecified atom stereocenters. The first-order chi connectivity index (χ1) is 12.0. The van der Waals surface area contributed by atoms with Crippen molar-refractivity contribution in [3.63, 3.8) is 0 Å². The van der Waals surface area contributed by atoms with Crippen LogP contribution in [0.4, 0.5) is 0 Å². The van der Waals surface area contributed by atoms with Crippen LogP contribution in [-0.4, -0.2) is 44.3 Å². The lowest BCUT2D eigenvalue weighted by atomic mass is 10.0. The summed E-state index contributed by atoms with van der Waals surface area (Å²) in [5, 5.41) is 6.89. The molecule has 7 nitrogen and oxygen atoms in total. The third-order valence-corrected chi connectivity index (χ3v) is 4.81. The van der Waals surface area contributed by atoms with E-state index in [0.29, 0.717) is 0 Å². The highest BCUT2D eigenvalue weighted by Gasteiger charge is 2.21. The minimum absolute atomic E-state index is 0.0239. The number of likely N-dealkylation sites (tertiary alicyclic amines) is 1. The van der Waals surface area contributed by atoms with E-state index < -0.39 is 0 Å². The molecule has 1 aromatic carbocycles. The predicted octanol–water partition coefficient (Wildman–Crippen LogP) is 0.671. The quantitative estimate of drug-likeness (QED) is 0.866. The van der Waals surface area contributed by atoms with Gasteiger partial charge in [0.05, 0.1) is 0 Å². The predicted molar refractivity (Wildman–Crippen MR) is 95.1 cm³/mol. The minimum Gasteiger partial charge on any atom is -0.352 e. The summed E-state index contributed by atoms with van der Waals surface area (Å²) in [5.74, 6) is -0.132. The highest BCUT2D eigenvalue weighted by atomic mass is 16.2. The highest BCUT2D eigenvalue weighted by Crippen LogP contribution is 2.16. The van der Waals surface area contributed by atoms with Crippen LogP contribution in [0.5, 0.6) is 0 Å². The fraction of sp³-hybridized carbons (Fsp3) is 0.500. The number of aryl methyl sites for hydroxylation is 2. The normalized spacial score (nSPS) is 16.1. The molecule has 0 saturated carbocycles. The molecule has 0 bridgehead atoms. The molecule has 0 aliphatic carbocycles. The molecular formula is C18H25N5O2. The smallest absolute Gasteiger partial charge is 0.345 e. The number of aromatic nitrogens is 3. The fourth-order valence-corrected chi connectivity index (χ4v) is 3.22. The van der Waals surface area contributed by atoms with E-state index in [0.717, 1.165) is 32.5 Å². The third-order valence-electron chi connectivity index (χ3n) is 4.81. The second kappa shape index (κ2) is 7.65. The Morgan fingerprint density at radius 2 is 2.00 bits per heavy atom. The van der Waals surface area contributed by atoms with Crippen molar-refractivity contribution in [1.82, 2.24) is 24.6 Å². The summed E-state index contributed by atoms with van der Waals surface area (Å²) in [6, 6.07) is 8.63. The molecule has 25 heavy (non-hydrogen) atoms. The molecule has 3 rings (SSSR count). The minimum atomic E-state index is -0.275. The van der Waals surface area contributed by atoms with Crippen molar-refractivity contribution >= 4 is 5.91 Å². The van der Waals surface area contributed by atoms with Gasteiger partial charge in [0, 0.05) is 32.7 Å². The van der Waals surface area contributed by atoms with Crippen molar-refractivity contribution < 1.29 is 4.79 Å². The average molecular weight is 343 g/mol. The Labute approximate surface area is 147 Å². The lowest BCUT2D eigenvalue weighted by Crippen LogP contribution is -2.45.